The number of nitrogens with one attached hydrogen (secondary N) is 2. The lowest BCUT2D eigenvalue weighted by Crippen LogP contribution is -2.51. The van der Waals surface area contributed by atoms with Crippen molar-refractivity contribution in [2.24, 2.45) is 0 Å². The van der Waals surface area contributed by atoms with Gasteiger partial charge in [-0.25, -0.2) is 0 Å². The Kier molecular flexibility index (Phi) is 13.4. The molecule has 1 saturated carbocycles. The SMILES string of the molecule is CCOP(=O)(CCN[C@@H]1CCCC[C@H]1NCCP(=O)(OCC)OCC)OCC. The van der Waals surface area contributed by atoms with Crippen molar-refractivity contribution in [2.45, 2.75) is 65.5 Å². The van der Waals surface area contributed by atoms with E-state index in [1.54, 1.807) is 0 Å². The molecule has 168 valence electrons. The molecule has 0 saturated heterocycles. The Labute approximate surface area is 170 Å². The topological polar surface area (TPSA) is 95.1 Å². The first-order valence-corrected chi connectivity index (χ1v) is 14.1. The van der Waals surface area contributed by atoms with Gasteiger partial charge in [0.15, 0.2) is 0 Å². The molecule has 2 N–H and O–H groups in total. The third-order valence-electron chi connectivity index (χ3n) is 4.65. The predicted octanol–water partition coefficient (Wildman–Crippen LogP) is 4.01. The van der Waals surface area contributed by atoms with Gasteiger partial charge in [-0.05, 0) is 40.5 Å². The first-order chi connectivity index (χ1) is 13.4. The van der Waals surface area contributed by atoms with Gasteiger partial charge in [0, 0.05) is 25.2 Å². The Morgan fingerprint density at radius 2 is 1.00 bits per heavy atom. The van der Waals surface area contributed by atoms with E-state index in [9.17, 15) is 9.13 Å². The quantitative estimate of drug-likeness (QED) is 0.346. The van der Waals surface area contributed by atoms with Crippen molar-refractivity contribution in [1.82, 2.24) is 10.6 Å². The zero-order valence-electron chi connectivity index (χ0n) is 18.0. The molecule has 0 aromatic heterocycles. The molecule has 0 aromatic rings. The van der Waals surface area contributed by atoms with E-state index in [0.29, 0.717) is 51.8 Å². The minimum atomic E-state index is -3.02. The van der Waals surface area contributed by atoms with Gasteiger partial charge in [-0.3, -0.25) is 9.13 Å². The van der Waals surface area contributed by atoms with Crippen molar-refractivity contribution in [3.05, 3.63) is 0 Å². The maximum Gasteiger partial charge on any atom is 0.331 e. The van der Waals surface area contributed by atoms with Crippen LogP contribution in [-0.4, -0.2) is 63.9 Å². The zero-order valence-corrected chi connectivity index (χ0v) is 19.8. The summed E-state index contributed by atoms with van der Waals surface area (Å²) in [7, 11) is -6.04. The molecular formula is C18H40N2O6P2. The van der Waals surface area contributed by atoms with E-state index in [1.165, 1.54) is 12.8 Å². The van der Waals surface area contributed by atoms with Crippen molar-refractivity contribution in [3.8, 4) is 0 Å². The van der Waals surface area contributed by atoms with Gasteiger partial charge in [0.2, 0.25) is 0 Å². The molecule has 10 heteroatoms. The van der Waals surface area contributed by atoms with E-state index in [2.05, 4.69) is 10.6 Å². The van der Waals surface area contributed by atoms with Gasteiger partial charge in [-0.2, -0.15) is 0 Å². The second-order valence-corrected chi connectivity index (χ2v) is 11.1. The van der Waals surface area contributed by atoms with Crippen molar-refractivity contribution in [2.75, 3.05) is 51.8 Å². The molecule has 1 aliphatic rings. The highest BCUT2D eigenvalue weighted by Crippen LogP contribution is 2.48. The Bertz CT molecular complexity index is 444. The largest absolute Gasteiger partial charge is 0.331 e. The molecule has 0 aliphatic heterocycles. The highest BCUT2D eigenvalue weighted by atomic mass is 31.2. The van der Waals surface area contributed by atoms with Crippen LogP contribution in [0.4, 0.5) is 0 Å². The Balaban J connectivity index is 2.48. The van der Waals surface area contributed by atoms with Crippen LogP contribution in [0.25, 0.3) is 0 Å². The van der Waals surface area contributed by atoms with Crippen LogP contribution in [0.3, 0.4) is 0 Å². The molecule has 0 spiro atoms. The summed E-state index contributed by atoms with van der Waals surface area (Å²) in [5.74, 6) is 0. The molecule has 0 radical (unpaired) electrons. The summed E-state index contributed by atoms with van der Waals surface area (Å²) in [6, 6.07) is 0.563. The van der Waals surface area contributed by atoms with E-state index in [0.717, 1.165) is 12.8 Å². The number of rotatable bonds is 16. The Hall–Kier alpha value is 0.220. The first kappa shape index (κ1) is 26.3. The lowest BCUT2D eigenvalue weighted by Gasteiger charge is -2.33. The van der Waals surface area contributed by atoms with Gasteiger partial charge in [-0.1, -0.05) is 12.8 Å². The fourth-order valence-corrected chi connectivity index (χ4v) is 6.56. The summed E-state index contributed by atoms with van der Waals surface area (Å²) < 4.78 is 46.6. The van der Waals surface area contributed by atoms with Gasteiger partial charge >= 0.3 is 15.2 Å². The highest BCUT2D eigenvalue weighted by Gasteiger charge is 2.29. The molecular weight excluding hydrogens is 402 g/mol. The molecule has 28 heavy (non-hydrogen) atoms. The third kappa shape index (κ3) is 9.82. The van der Waals surface area contributed by atoms with Crippen LogP contribution in [0.15, 0.2) is 0 Å². The zero-order chi connectivity index (χ0) is 20.9. The maximum atomic E-state index is 12.6. The summed E-state index contributed by atoms with van der Waals surface area (Å²) in [4.78, 5) is 0. The fraction of sp³-hybridized carbons (Fsp3) is 1.00. The summed E-state index contributed by atoms with van der Waals surface area (Å²) >= 11 is 0. The van der Waals surface area contributed by atoms with Crippen molar-refractivity contribution >= 4 is 15.2 Å². The number of hydrogen-bond acceptors (Lipinski definition) is 8. The molecule has 0 amide bonds. The van der Waals surface area contributed by atoms with E-state index < -0.39 is 15.2 Å². The smallest absolute Gasteiger partial charge is 0.312 e. The van der Waals surface area contributed by atoms with Crippen molar-refractivity contribution < 1.29 is 27.2 Å². The van der Waals surface area contributed by atoms with Gasteiger partial charge in [0.25, 0.3) is 0 Å². The minimum Gasteiger partial charge on any atom is -0.312 e. The van der Waals surface area contributed by atoms with Crippen LogP contribution < -0.4 is 10.6 Å². The molecule has 0 heterocycles. The summed E-state index contributed by atoms with van der Waals surface area (Å²) in [6.45, 7) is 9.97. The lowest BCUT2D eigenvalue weighted by molar-refractivity contribution is 0.215. The minimum absolute atomic E-state index is 0.282. The van der Waals surface area contributed by atoms with E-state index in [1.807, 2.05) is 27.7 Å². The number of hydrogen-bond donors (Lipinski definition) is 2. The van der Waals surface area contributed by atoms with E-state index in [4.69, 9.17) is 18.1 Å². The molecule has 1 aliphatic carbocycles. The molecule has 1 rings (SSSR count). The van der Waals surface area contributed by atoms with Gasteiger partial charge in [-0.15, -0.1) is 0 Å². The van der Waals surface area contributed by atoms with Gasteiger partial charge in [0.05, 0.1) is 38.8 Å². The highest BCUT2D eigenvalue weighted by molar-refractivity contribution is 7.54. The normalized spacial score (nSPS) is 21.1. The summed E-state index contributed by atoms with van der Waals surface area (Å²) in [5.41, 5.74) is 0. The van der Waals surface area contributed by atoms with E-state index in [-0.39, 0.29) is 12.1 Å². The second-order valence-electron chi connectivity index (χ2n) is 6.75. The van der Waals surface area contributed by atoms with Crippen LogP contribution in [0.2, 0.25) is 0 Å². The second kappa shape index (κ2) is 14.3. The molecule has 0 aromatic carbocycles. The standard InChI is InChI=1S/C18H40N2O6P2/c1-5-23-27(21,24-6-2)15-13-19-17-11-9-10-12-18(17)20-14-16-28(22,25-7-3)26-8-4/h17-20H,5-16H2,1-4H3/t17-,18-/m1/s1. The van der Waals surface area contributed by atoms with Gasteiger partial charge < -0.3 is 28.7 Å². The summed E-state index contributed by atoms with van der Waals surface area (Å²) in [6.07, 6.45) is 5.17. The van der Waals surface area contributed by atoms with Crippen molar-refractivity contribution in [1.29, 1.82) is 0 Å². The molecule has 2 atom stereocenters. The Morgan fingerprint density at radius 1 is 0.679 bits per heavy atom. The van der Waals surface area contributed by atoms with Crippen LogP contribution in [0.1, 0.15) is 53.4 Å². The van der Waals surface area contributed by atoms with Gasteiger partial charge in [0.1, 0.15) is 0 Å². The fourth-order valence-electron chi connectivity index (χ4n) is 3.51. The van der Waals surface area contributed by atoms with E-state index >= 15 is 0 Å². The average molecular weight is 442 g/mol. The molecule has 0 bridgehead atoms. The molecule has 8 nitrogen and oxygen atoms in total. The Morgan fingerprint density at radius 3 is 1.29 bits per heavy atom. The predicted molar refractivity (Wildman–Crippen MR) is 114 cm³/mol. The molecule has 1 fully saturated rings. The maximum absolute atomic E-state index is 12.6. The summed E-state index contributed by atoms with van der Waals surface area (Å²) in [5, 5.41) is 7.03. The van der Waals surface area contributed by atoms with Crippen LogP contribution in [-0.2, 0) is 27.2 Å². The monoisotopic (exact) mass is 442 g/mol. The average Bonchev–Trinajstić information content (AvgIpc) is 2.64. The van der Waals surface area contributed by atoms with Crippen LogP contribution in [0.5, 0.6) is 0 Å². The first-order valence-electron chi connectivity index (χ1n) is 10.6. The van der Waals surface area contributed by atoms with Crippen LogP contribution >= 0.6 is 15.2 Å². The molecule has 0 unspecified atom stereocenters. The van der Waals surface area contributed by atoms with Crippen molar-refractivity contribution in [3.63, 3.8) is 0 Å². The lowest BCUT2D eigenvalue weighted by atomic mass is 9.90. The third-order valence-corrected chi connectivity index (χ3v) is 8.80. The van der Waals surface area contributed by atoms with Crippen LogP contribution in [0, 0.1) is 0 Å².